The molecule has 0 fully saturated rings. The zero-order valence-corrected chi connectivity index (χ0v) is 11.0. The minimum Gasteiger partial charge on any atom is -0.480 e. The van der Waals surface area contributed by atoms with Crippen LogP contribution in [0.4, 0.5) is 13.2 Å². The quantitative estimate of drug-likeness (QED) is 0.294. The highest BCUT2D eigenvalue weighted by Gasteiger charge is 2.38. The molecule has 3 N–H and O–H groups in total. The van der Waals surface area contributed by atoms with Gasteiger partial charge in [-0.25, -0.2) is 0 Å². The Balaban J connectivity index is 3.21. The first kappa shape index (κ1) is 15.5. The van der Waals surface area contributed by atoms with E-state index in [0.29, 0.717) is 4.90 Å². The van der Waals surface area contributed by atoms with Crippen molar-refractivity contribution >= 4 is 17.6 Å². The Hall–Kier alpha value is -1.57. The van der Waals surface area contributed by atoms with E-state index in [9.17, 15) is 13.2 Å². The molecule has 8 heteroatoms. The molecule has 0 saturated heterocycles. The van der Waals surface area contributed by atoms with Crippen molar-refractivity contribution in [1.82, 2.24) is 0 Å². The van der Waals surface area contributed by atoms with Crippen LogP contribution in [0.1, 0.15) is 12.5 Å². The number of halogens is 3. The Morgan fingerprint density at radius 3 is 2.58 bits per heavy atom. The molecule has 0 heterocycles. The van der Waals surface area contributed by atoms with Gasteiger partial charge in [0.1, 0.15) is 5.75 Å². The lowest BCUT2D eigenvalue weighted by Gasteiger charge is -2.20. The Morgan fingerprint density at radius 1 is 1.47 bits per heavy atom. The summed E-state index contributed by atoms with van der Waals surface area (Å²) in [6.07, 6.45) is -4.76. The third kappa shape index (κ3) is 3.69. The fraction of sp³-hybridized carbons (Fsp3) is 0.364. The number of benzene rings is 1. The molecule has 106 valence electrons. The minimum absolute atomic E-state index is 0.0769. The third-order valence-corrected chi connectivity index (χ3v) is 3.12. The van der Waals surface area contributed by atoms with Crippen LogP contribution >= 0.6 is 11.8 Å². The molecule has 1 unspecified atom stereocenters. The van der Waals surface area contributed by atoms with Crippen LogP contribution in [0.5, 0.6) is 5.75 Å². The fourth-order valence-electron chi connectivity index (χ4n) is 1.34. The van der Waals surface area contributed by atoms with Crippen LogP contribution in [0.2, 0.25) is 0 Å². The van der Waals surface area contributed by atoms with Gasteiger partial charge in [-0.05, 0) is 25.3 Å². The van der Waals surface area contributed by atoms with Gasteiger partial charge in [-0.1, -0.05) is 11.2 Å². The van der Waals surface area contributed by atoms with E-state index < -0.39 is 12.3 Å². The SMILES string of the molecule is CSc1cccc(OC(C)C(F)(F)F)c1/C(N)=N/O. The predicted molar refractivity (Wildman–Crippen MR) is 66.9 cm³/mol. The normalized spacial score (nSPS) is 14.3. The van der Waals surface area contributed by atoms with E-state index >= 15 is 0 Å². The number of nitrogens with zero attached hydrogens (tertiary/aromatic N) is 1. The number of alkyl halides is 3. The first-order valence-corrected chi connectivity index (χ1v) is 6.42. The third-order valence-electron chi connectivity index (χ3n) is 2.34. The van der Waals surface area contributed by atoms with Crippen LogP contribution in [0, 0.1) is 0 Å². The molecule has 4 nitrogen and oxygen atoms in total. The second kappa shape index (κ2) is 6.05. The number of hydrogen-bond donors (Lipinski definition) is 2. The number of oxime groups is 1. The molecule has 0 amide bonds. The summed E-state index contributed by atoms with van der Waals surface area (Å²) in [5.74, 6) is -0.374. The number of rotatable bonds is 4. The number of nitrogens with two attached hydrogens (primary N) is 1. The Bertz CT molecular complexity index is 477. The topological polar surface area (TPSA) is 67.8 Å². The largest absolute Gasteiger partial charge is 0.480 e. The average Bonchev–Trinajstić information content (AvgIpc) is 2.36. The molecule has 1 aromatic rings. The lowest BCUT2D eigenvalue weighted by atomic mass is 10.2. The van der Waals surface area contributed by atoms with Crippen LogP contribution in [-0.4, -0.2) is 29.6 Å². The van der Waals surface area contributed by atoms with Crippen LogP contribution in [0.25, 0.3) is 0 Å². The van der Waals surface area contributed by atoms with Crippen LogP contribution in [0.3, 0.4) is 0 Å². The first-order valence-electron chi connectivity index (χ1n) is 5.19. The predicted octanol–water partition coefficient (Wildman–Crippen LogP) is 2.83. The Labute approximate surface area is 112 Å². The van der Waals surface area contributed by atoms with E-state index in [1.54, 1.807) is 18.4 Å². The molecule has 0 radical (unpaired) electrons. The smallest absolute Gasteiger partial charge is 0.425 e. The Kier molecular flexibility index (Phi) is 4.93. The summed E-state index contributed by atoms with van der Waals surface area (Å²) in [4.78, 5) is 0.558. The highest BCUT2D eigenvalue weighted by molar-refractivity contribution is 7.98. The van der Waals surface area contributed by atoms with Crippen molar-refractivity contribution < 1.29 is 23.1 Å². The second-order valence-corrected chi connectivity index (χ2v) is 4.47. The average molecular weight is 294 g/mol. The summed E-state index contributed by atoms with van der Waals surface area (Å²) in [5, 5.41) is 11.5. The molecule has 0 spiro atoms. The molecule has 0 aliphatic heterocycles. The lowest BCUT2D eigenvalue weighted by molar-refractivity contribution is -0.189. The van der Waals surface area contributed by atoms with E-state index in [2.05, 4.69) is 5.16 Å². The van der Waals surface area contributed by atoms with Gasteiger partial charge in [-0.3, -0.25) is 0 Å². The van der Waals surface area contributed by atoms with Crippen LogP contribution < -0.4 is 10.5 Å². The van der Waals surface area contributed by atoms with Gasteiger partial charge in [-0.15, -0.1) is 11.8 Å². The van der Waals surface area contributed by atoms with Gasteiger partial charge in [0, 0.05) is 4.90 Å². The molecule has 0 aliphatic rings. The van der Waals surface area contributed by atoms with Crippen molar-refractivity contribution in [3.05, 3.63) is 23.8 Å². The summed E-state index contributed by atoms with van der Waals surface area (Å²) in [6.45, 7) is 0.891. The van der Waals surface area contributed by atoms with Gasteiger partial charge in [0.25, 0.3) is 0 Å². The number of hydrogen-bond acceptors (Lipinski definition) is 4. The van der Waals surface area contributed by atoms with E-state index in [-0.39, 0.29) is 17.1 Å². The van der Waals surface area contributed by atoms with E-state index in [1.165, 1.54) is 17.8 Å². The zero-order chi connectivity index (χ0) is 14.6. The van der Waals surface area contributed by atoms with Crippen molar-refractivity contribution in [3.8, 4) is 5.75 Å². The monoisotopic (exact) mass is 294 g/mol. The van der Waals surface area contributed by atoms with Gasteiger partial charge in [0.05, 0.1) is 5.56 Å². The summed E-state index contributed by atoms with van der Waals surface area (Å²) >= 11 is 1.25. The number of ether oxygens (including phenoxy) is 1. The highest BCUT2D eigenvalue weighted by Crippen LogP contribution is 2.32. The van der Waals surface area contributed by atoms with Crippen molar-refractivity contribution in [2.45, 2.75) is 24.1 Å². The standard InChI is InChI=1S/C11H13F3N2O2S/c1-6(11(12,13)14)18-7-4-3-5-8(19-2)9(7)10(15)16-17/h3-6,17H,1-2H3,(H2,15,16). The molecular formula is C11H13F3N2O2S. The molecule has 0 bridgehead atoms. The van der Waals surface area contributed by atoms with E-state index in [4.69, 9.17) is 15.7 Å². The van der Waals surface area contributed by atoms with Crippen molar-refractivity contribution in [1.29, 1.82) is 0 Å². The number of amidine groups is 1. The van der Waals surface area contributed by atoms with E-state index in [1.807, 2.05) is 0 Å². The molecule has 1 rings (SSSR count). The number of thioether (sulfide) groups is 1. The van der Waals surface area contributed by atoms with Crippen LogP contribution in [-0.2, 0) is 0 Å². The molecule has 0 saturated carbocycles. The second-order valence-electron chi connectivity index (χ2n) is 3.62. The van der Waals surface area contributed by atoms with E-state index in [0.717, 1.165) is 6.92 Å². The minimum atomic E-state index is -4.49. The zero-order valence-electron chi connectivity index (χ0n) is 10.2. The molecule has 1 aromatic carbocycles. The molecule has 0 aliphatic carbocycles. The van der Waals surface area contributed by atoms with Gasteiger partial charge in [-0.2, -0.15) is 13.2 Å². The van der Waals surface area contributed by atoms with Gasteiger partial charge < -0.3 is 15.7 Å². The maximum atomic E-state index is 12.5. The summed E-state index contributed by atoms with van der Waals surface area (Å²) in [7, 11) is 0. The lowest BCUT2D eigenvalue weighted by Crippen LogP contribution is -2.32. The molecular weight excluding hydrogens is 281 g/mol. The summed E-state index contributed by atoms with van der Waals surface area (Å²) < 4.78 is 42.3. The van der Waals surface area contributed by atoms with Crippen molar-refractivity contribution in [3.63, 3.8) is 0 Å². The first-order chi connectivity index (χ1) is 8.81. The maximum absolute atomic E-state index is 12.5. The van der Waals surface area contributed by atoms with Crippen molar-refractivity contribution in [2.24, 2.45) is 10.9 Å². The van der Waals surface area contributed by atoms with Gasteiger partial charge in [0.15, 0.2) is 11.9 Å². The van der Waals surface area contributed by atoms with Gasteiger partial charge in [0.2, 0.25) is 0 Å². The van der Waals surface area contributed by atoms with Gasteiger partial charge >= 0.3 is 6.18 Å². The molecule has 19 heavy (non-hydrogen) atoms. The molecule has 0 aromatic heterocycles. The van der Waals surface area contributed by atoms with Crippen LogP contribution in [0.15, 0.2) is 28.3 Å². The van der Waals surface area contributed by atoms with Crippen molar-refractivity contribution in [2.75, 3.05) is 6.26 Å². The molecule has 1 atom stereocenters. The highest BCUT2D eigenvalue weighted by atomic mass is 32.2. The fourth-order valence-corrected chi connectivity index (χ4v) is 1.96. The maximum Gasteiger partial charge on any atom is 0.425 e. The summed E-state index contributed by atoms with van der Waals surface area (Å²) in [5.41, 5.74) is 5.63. The Morgan fingerprint density at radius 2 is 2.11 bits per heavy atom. The summed E-state index contributed by atoms with van der Waals surface area (Å²) in [6, 6.07) is 4.52.